The van der Waals surface area contributed by atoms with Crippen LogP contribution >= 0.6 is 22.9 Å². The van der Waals surface area contributed by atoms with Gasteiger partial charge in [-0.15, -0.1) is 11.3 Å². The second kappa shape index (κ2) is 4.99. The fraction of sp³-hybridized carbons (Fsp3) is 0. The van der Waals surface area contributed by atoms with Crippen LogP contribution < -0.4 is 0 Å². The molecule has 3 nitrogen and oxygen atoms in total. The minimum Gasteiger partial charge on any atom is -0.506 e. The highest BCUT2D eigenvalue weighted by Crippen LogP contribution is 2.35. The van der Waals surface area contributed by atoms with Crippen LogP contribution in [0.5, 0.6) is 5.75 Å². The number of pyridine rings is 1. The van der Waals surface area contributed by atoms with Crippen LogP contribution in [-0.2, 0) is 0 Å². The molecule has 0 atom stereocenters. The van der Waals surface area contributed by atoms with Gasteiger partial charge < -0.3 is 5.11 Å². The number of aromatic hydroxyl groups is 1. The average molecular weight is 289 g/mol. The summed E-state index contributed by atoms with van der Waals surface area (Å²) in [6, 6.07) is 11.2. The Kier molecular flexibility index (Phi) is 3.19. The predicted octanol–water partition coefficient (Wildman–Crippen LogP) is 4.41. The Morgan fingerprint density at radius 3 is 2.79 bits per heavy atom. The first-order chi connectivity index (χ1) is 9.24. The first-order valence-corrected chi connectivity index (χ1v) is 6.79. The molecule has 0 amide bonds. The lowest BCUT2D eigenvalue weighted by Crippen LogP contribution is -1.77. The molecule has 5 heteroatoms. The van der Waals surface area contributed by atoms with Crippen LogP contribution in [0.3, 0.4) is 0 Å². The fourth-order valence-electron chi connectivity index (χ4n) is 1.71. The van der Waals surface area contributed by atoms with Gasteiger partial charge in [0.05, 0.1) is 16.1 Å². The van der Waals surface area contributed by atoms with Gasteiger partial charge in [-0.3, -0.25) is 0 Å². The summed E-state index contributed by atoms with van der Waals surface area (Å²) in [5.74, 6) is 0.819. The fourth-order valence-corrected chi connectivity index (χ4v) is 2.79. The van der Waals surface area contributed by atoms with E-state index < -0.39 is 0 Å². The molecule has 3 aromatic rings. The number of hydrogen-bond acceptors (Lipinski definition) is 4. The number of aliphatic imine (C=N–C) groups is 1. The van der Waals surface area contributed by atoms with Crippen molar-refractivity contribution in [1.82, 2.24) is 4.98 Å². The molecule has 94 valence electrons. The number of rotatable bonds is 2. The van der Waals surface area contributed by atoms with Crippen LogP contribution in [0.25, 0.3) is 10.1 Å². The van der Waals surface area contributed by atoms with Gasteiger partial charge in [-0.25, -0.2) is 9.98 Å². The monoisotopic (exact) mass is 288 g/mol. The molecule has 0 bridgehead atoms. The van der Waals surface area contributed by atoms with Crippen LogP contribution in [0.2, 0.25) is 5.02 Å². The van der Waals surface area contributed by atoms with E-state index in [1.807, 2.05) is 24.3 Å². The number of halogens is 1. The number of hydrogen-bond donors (Lipinski definition) is 1. The highest BCUT2D eigenvalue weighted by atomic mass is 35.5. The van der Waals surface area contributed by atoms with Crippen molar-refractivity contribution in [1.29, 1.82) is 0 Å². The second-order valence-corrected chi connectivity index (χ2v) is 5.42. The number of nitrogens with zero attached hydrogens (tertiary/aromatic N) is 2. The van der Waals surface area contributed by atoms with Crippen LogP contribution in [0.4, 0.5) is 5.82 Å². The lowest BCUT2D eigenvalue weighted by atomic mass is 10.2. The summed E-state index contributed by atoms with van der Waals surface area (Å²) in [6.45, 7) is 0. The molecule has 0 saturated carbocycles. The van der Waals surface area contributed by atoms with E-state index >= 15 is 0 Å². The molecule has 2 heterocycles. The predicted molar refractivity (Wildman–Crippen MR) is 80.0 cm³/mol. The normalized spacial score (nSPS) is 11.4. The molecular weight excluding hydrogens is 280 g/mol. The molecule has 0 radical (unpaired) electrons. The third-order valence-corrected chi connectivity index (χ3v) is 3.94. The van der Waals surface area contributed by atoms with E-state index in [1.54, 1.807) is 24.5 Å². The molecule has 1 N–H and O–H groups in total. The zero-order valence-electron chi connectivity index (χ0n) is 9.75. The van der Waals surface area contributed by atoms with Crippen molar-refractivity contribution in [3.63, 3.8) is 0 Å². The molecule has 0 aliphatic carbocycles. The highest BCUT2D eigenvalue weighted by molar-refractivity contribution is 7.21. The van der Waals surface area contributed by atoms with Crippen molar-refractivity contribution in [3.8, 4) is 5.75 Å². The molecule has 0 aliphatic rings. The van der Waals surface area contributed by atoms with Crippen molar-refractivity contribution in [2.24, 2.45) is 4.99 Å². The van der Waals surface area contributed by atoms with Gasteiger partial charge in [0.1, 0.15) is 5.75 Å². The Bertz CT molecular complexity index is 750. The van der Waals surface area contributed by atoms with Crippen molar-refractivity contribution < 1.29 is 5.11 Å². The third kappa shape index (κ3) is 2.45. The van der Waals surface area contributed by atoms with Gasteiger partial charge in [-0.2, -0.15) is 0 Å². The lowest BCUT2D eigenvalue weighted by molar-refractivity contribution is 0.483. The van der Waals surface area contributed by atoms with Crippen molar-refractivity contribution in [2.75, 3.05) is 0 Å². The average Bonchev–Trinajstić information content (AvgIpc) is 2.76. The Morgan fingerprint density at radius 1 is 1.21 bits per heavy atom. The van der Waals surface area contributed by atoms with Gasteiger partial charge in [0, 0.05) is 16.3 Å². The van der Waals surface area contributed by atoms with E-state index in [1.165, 1.54) is 11.3 Å². The summed E-state index contributed by atoms with van der Waals surface area (Å²) in [4.78, 5) is 9.02. The maximum Gasteiger partial charge on any atom is 0.151 e. The summed E-state index contributed by atoms with van der Waals surface area (Å²) in [5, 5.41) is 11.5. The standard InChI is InChI=1S/C14H9ClN2OS/c15-9-5-6-13(16-7-9)17-8-12-14(18)10-3-1-2-4-11(10)19-12/h1-8,18H. The first-order valence-electron chi connectivity index (χ1n) is 5.60. The Balaban J connectivity index is 1.97. The SMILES string of the molecule is Oc1c(C=Nc2ccc(Cl)cn2)sc2ccccc12. The molecule has 3 rings (SSSR count). The van der Waals surface area contributed by atoms with Crippen LogP contribution in [0.15, 0.2) is 47.6 Å². The van der Waals surface area contributed by atoms with Crippen LogP contribution in [0, 0.1) is 0 Å². The summed E-state index contributed by atoms with van der Waals surface area (Å²) in [6.07, 6.45) is 3.16. The number of aromatic nitrogens is 1. The molecule has 2 aromatic heterocycles. The Labute approximate surface area is 118 Å². The van der Waals surface area contributed by atoms with Gasteiger partial charge in [-0.05, 0) is 24.3 Å². The van der Waals surface area contributed by atoms with E-state index in [0.717, 1.165) is 15.0 Å². The molecule has 0 aliphatic heterocycles. The maximum atomic E-state index is 10.1. The third-order valence-electron chi connectivity index (χ3n) is 2.62. The van der Waals surface area contributed by atoms with Gasteiger partial charge in [0.25, 0.3) is 0 Å². The number of fused-ring (bicyclic) bond motifs is 1. The van der Waals surface area contributed by atoms with E-state index in [0.29, 0.717) is 10.8 Å². The second-order valence-electron chi connectivity index (χ2n) is 3.90. The largest absolute Gasteiger partial charge is 0.506 e. The van der Waals surface area contributed by atoms with Crippen LogP contribution in [0.1, 0.15) is 4.88 Å². The van der Waals surface area contributed by atoms with E-state index in [-0.39, 0.29) is 5.75 Å². The minimum atomic E-state index is 0.262. The van der Waals surface area contributed by atoms with Crippen molar-refractivity contribution in [2.45, 2.75) is 0 Å². The summed E-state index contributed by atoms with van der Waals surface area (Å²) in [5.41, 5.74) is 0. The van der Waals surface area contributed by atoms with Gasteiger partial charge >= 0.3 is 0 Å². The highest BCUT2D eigenvalue weighted by Gasteiger charge is 2.08. The van der Waals surface area contributed by atoms with Gasteiger partial charge in [0.15, 0.2) is 5.82 Å². The van der Waals surface area contributed by atoms with Crippen molar-refractivity contribution >= 4 is 45.1 Å². The summed E-state index contributed by atoms with van der Waals surface area (Å²) >= 11 is 7.25. The van der Waals surface area contributed by atoms with Gasteiger partial charge in [-0.1, -0.05) is 23.7 Å². The lowest BCUT2D eigenvalue weighted by Gasteiger charge is -1.92. The number of thiophene rings is 1. The van der Waals surface area contributed by atoms with Gasteiger partial charge in [0.2, 0.25) is 0 Å². The molecule has 0 unspecified atom stereocenters. The Hall–Kier alpha value is -1.91. The summed E-state index contributed by atoms with van der Waals surface area (Å²) < 4.78 is 1.03. The summed E-state index contributed by atoms with van der Waals surface area (Å²) in [7, 11) is 0. The van der Waals surface area contributed by atoms with E-state index in [2.05, 4.69) is 9.98 Å². The Morgan fingerprint density at radius 2 is 2.05 bits per heavy atom. The van der Waals surface area contributed by atoms with E-state index in [9.17, 15) is 5.11 Å². The quantitative estimate of drug-likeness (QED) is 0.710. The zero-order chi connectivity index (χ0) is 13.2. The molecular formula is C14H9ClN2OS. The van der Waals surface area contributed by atoms with Crippen molar-refractivity contribution in [3.05, 3.63) is 52.5 Å². The molecule has 19 heavy (non-hydrogen) atoms. The zero-order valence-corrected chi connectivity index (χ0v) is 11.3. The van der Waals surface area contributed by atoms with E-state index in [4.69, 9.17) is 11.6 Å². The molecule has 0 saturated heterocycles. The molecule has 1 aromatic carbocycles. The smallest absolute Gasteiger partial charge is 0.151 e. The topological polar surface area (TPSA) is 45.5 Å². The molecule has 0 fully saturated rings. The van der Waals surface area contributed by atoms with Crippen LogP contribution in [-0.4, -0.2) is 16.3 Å². The maximum absolute atomic E-state index is 10.1. The first kappa shape index (κ1) is 12.1. The molecule has 0 spiro atoms. The number of benzene rings is 1. The minimum absolute atomic E-state index is 0.262.